The Bertz CT molecular complexity index is 375. The van der Waals surface area contributed by atoms with Crippen molar-refractivity contribution in [1.82, 2.24) is 0 Å². The largest absolute Gasteiger partial charge is 0.118 e. The molecule has 0 nitrogen and oxygen atoms in total. The molecule has 2 unspecified atom stereocenters. The topological polar surface area (TPSA) is 0 Å². The molecule has 0 spiro atoms. The molecule has 1 fully saturated rings. The van der Waals surface area contributed by atoms with E-state index in [4.69, 9.17) is 11.6 Å². The van der Waals surface area contributed by atoms with E-state index in [0.717, 1.165) is 12.3 Å². The van der Waals surface area contributed by atoms with E-state index in [1.807, 2.05) is 0 Å². The highest BCUT2D eigenvalue weighted by Gasteiger charge is 2.16. The summed E-state index contributed by atoms with van der Waals surface area (Å²) in [5.74, 6) is 1.59. The lowest BCUT2D eigenvalue weighted by Crippen LogP contribution is -2.07. The fraction of sp³-hybridized carbons (Fsp3) is 0.684. The number of rotatable bonds is 6. The number of hydrogen-bond donors (Lipinski definition) is 0. The predicted molar refractivity (Wildman–Crippen MR) is 89.6 cm³/mol. The van der Waals surface area contributed by atoms with Crippen molar-refractivity contribution >= 4 is 11.6 Å². The van der Waals surface area contributed by atoms with Crippen LogP contribution in [0.5, 0.6) is 0 Å². The van der Waals surface area contributed by atoms with Gasteiger partial charge in [-0.2, -0.15) is 0 Å². The zero-order valence-corrected chi connectivity index (χ0v) is 13.8. The molecule has 1 aliphatic carbocycles. The van der Waals surface area contributed by atoms with Gasteiger partial charge in [0.15, 0.2) is 0 Å². The van der Waals surface area contributed by atoms with Gasteiger partial charge in [-0.05, 0) is 42.2 Å². The van der Waals surface area contributed by atoms with E-state index in [1.54, 1.807) is 0 Å². The second-order valence-corrected chi connectivity index (χ2v) is 7.05. The van der Waals surface area contributed by atoms with E-state index in [-0.39, 0.29) is 5.38 Å². The van der Waals surface area contributed by atoms with Crippen LogP contribution in [0.15, 0.2) is 24.3 Å². The van der Waals surface area contributed by atoms with Gasteiger partial charge in [-0.3, -0.25) is 0 Å². The van der Waals surface area contributed by atoms with E-state index in [1.165, 1.54) is 56.1 Å². The Morgan fingerprint density at radius 3 is 2.25 bits per heavy atom. The second kappa shape index (κ2) is 8.08. The summed E-state index contributed by atoms with van der Waals surface area (Å²) >= 11 is 6.59. The molecule has 0 bridgehead atoms. The molecule has 0 aliphatic heterocycles. The first-order valence-corrected chi connectivity index (χ1v) is 8.88. The lowest BCUT2D eigenvalue weighted by Gasteiger charge is -2.22. The number of benzene rings is 1. The van der Waals surface area contributed by atoms with E-state index in [0.29, 0.717) is 5.92 Å². The van der Waals surface area contributed by atoms with Crippen LogP contribution in [0.3, 0.4) is 0 Å². The minimum Gasteiger partial charge on any atom is -0.118 e. The van der Waals surface area contributed by atoms with Crippen molar-refractivity contribution in [3.63, 3.8) is 0 Å². The third-order valence-electron chi connectivity index (χ3n) is 5.03. The molecule has 1 heteroatoms. The Balaban J connectivity index is 1.83. The van der Waals surface area contributed by atoms with E-state index >= 15 is 0 Å². The van der Waals surface area contributed by atoms with Gasteiger partial charge in [-0.15, -0.1) is 11.6 Å². The minimum absolute atomic E-state index is 0.197. The molecule has 1 aliphatic rings. The van der Waals surface area contributed by atoms with Gasteiger partial charge >= 0.3 is 0 Å². The Morgan fingerprint density at radius 1 is 1.05 bits per heavy atom. The van der Waals surface area contributed by atoms with E-state index in [2.05, 4.69) is 38.1 Å². The Kier molecular flexibility index (Phi) is 6.42. The summed E-state index contributed by atoms with van der Waals surface area (Å²) in [6.07, 6.45) is 10.8. The SMILES string of the molecule is CCC(C)c1ccc(C(Cl)CCC2CCCCC2)cc1. The van der Waals surface area contributed by atoms with Crippen LogP contribution in [0.1, 0.15) is 87.6 Å². The Hall–Kier alpha value is -0.490. The van der Waals surface area contributed by atoms with Crippen molar-refractivity contribution in [1.29, 1.82) is 0 Å². The normalized spacial score (nSPS) is 19.8. The van der Waals surface area contributed by atoms with Crippen molar-refractivity contribution in [2.45, 2.75) is 76.5 Å². The van der Waals surface area contributed by atoms with Gasteiger partial charge in [0.1, 0.15) is 0 Å². The molecule has 1 aromatic rings. The summed E-state index contributed by atoms with van der Waals surface area (Å²) in [7, 11) is 0. The van der Waals surface area contributed by atoms with Crippen LogP contribution in [0, 0.1) is 5.92 Å². The summed E-state index contributed by atoms with van der Waals surface area (Å²) in [5.41, 5.74) is 2.74. The molecule has 112 valence electrons. The maximum atomic E-state index is 6.59. The van der Waals surface area contributed by atoms with Crippen LogP contribution in [0.4, 0.5) is 0 Å². The zero-order valence-electron chi connectivity index (χ0n) is 13.1. The summed E-state index contributed by atoms with van der Waals surface area (Å²) in [6.45, 7) is 4.53. The van der Waals surface area contributed by atoms with Crippen LogP contribution in [-0.2, 0) is 0 Å². The van der Waals surface area contributed by atoms with Gasteiger partial charge in [0.2, 0.25) is 0 Å². The van der Waals surface area contributed by atoms with Gasteiger partial charge < -0.3 is 0 Å². The minimum atomic E-state index is 0.197. The zero-order chi connectivity index (χ0) is 14.4. The molecule has 2 atom stereocenters. The first-order valence-electron chi connectivity index (χ1n) is 8.44. The van der Waals surface area contributed by atoms with Gasteiger partial charge in [-0.25, -0.2) is 0 Å². The van der Waals surface area contributed by atoms with Crippen molar-refractivity contribution in [3.8, 4) is 0 Å². The van der Waals surface area contributed by atoms with Crippen LogP contribution < -0.4 is 0 Å². The monoisotopic (exact) mass is 292 g/mol. The third kappa shape index (κ3) is 4.52. The standard InChI is InChI=1S/C19H29Cl/c1-3-15(2)17-10-12-18(13-11-17)19(20)14-9-16-7-5-4-6-8-16/h10-13,15-16,19H,3-9,14H2,1-2H3. The van der Waals surface area contributed by atoms with Crippen LogP contribution in [0.25, 0.3) is 0 Å². The van der Waals surface area contributed by atoms with Crippen molar-refractivity contribution < 1.29 is 0 Å². The molecule has 0 saturated heterocycles. The third-order valence-corrected chi connectivity index (χ3v) is 5.50. The molecular formula is C19H29Cl. The first-order chi connectivity index (χ1) is 9.70. The summed E-state index contributed by atoms with van der Waals surface area (Å²) in [4.78, 5) is 0. The predicted octanol–water partition coefficient (Wildman–Crippen LogP) is 6.84. The van der Waals surface area contributed by atoms with Gasteiger partial charge in [0, 0.05) is 0 Å². The van der Waals surface area contributed by atoms with Crippen LogP contribution >= 0.6 is 11.6 Å². The Labute approximate surface area is 129 Å². The molecule has 0 amide bonds. The molecule has 2 rings (SSSR count). The molecule has 1 saturated carbocycles. The fourth-order valence-electron chi connectivity index (χ4n) is 3.29. The van der Waals surface area contributed by atoms with E-state index < -0.39 is 0 Å². The number of hydrogen-bond acceptors (Lipinski definition) is 0. The molecule has 0 N–H and O–H groups in total. The second-order valence-electron chi connectivity index (χ2n) is 6.52. The summed E-state index contributed by atoms with van der Waals surface area (Å²) in [5, 5.41) is 0.197. The summed E-state index contributed by atoms with van der Waals surface area (Å²) in [6, 6.07) is 9.00. The first kappa shape index (κ1) is 15.9. The highest BCUT2D eigenvalue weighted by molar-refractivity contribution is 6.20. The quantitative estimate of drug-likeness (QED) is 0.503. The number of halogens is 1. The molecule has 0 radical (unpaired) electrons. The van der Waals surface area contributed by atoms with Crippen molar-refractivity contribution in [3.05, 3.63) is 35.4 Å². The molecule has 0 heterocycles. The highest BCUT2D eigenvalue weighted by atomic mass is 35.5. The molecule has 0 aromatic heterocycles. The lowest BCUT2D eigenvalue weighted by molar-refractivity contribution is 0.331. The van der Waals surface area contributed by atoms with E-state index in [9.17, 15) is 0 Å². The maximum Gasteiger partial charge on any atom is 0.0585 e. The average Bonchev–Trinajstić information content (AvgIpc) is 2.53. The highest BCUT2D eigenvalue weighted by Crippen LogP contribution is 2.33. The van der Waals surface area contributed by atoms with Crippen LogP contribution in [0.2, 0.25) is 0 Å². The maximum absolute atomic E-state index is 6.59. The fourth-order valence-corrected chi connectivity index (χ4v) is 3.57. The average molecular weight is 293 g/mol. The van der Waals surface area contributed by atoms with Crippen molar-refractivity contribution in [2.75, 3.05) is 0 Å². The number of alkyl halides is 1. The van der Waals surface area contributed by atoms with Crippen LogP contribution in [-0.4, -0.2) is 0 Å². The smallest absolute Gasteiger partial charge is 0.0585 e. The van der Waals surface area contributed by atoms with Gasteiger partial charge in [-0.1, -0.05) is 70.2 Å². The molecule has 1 aromatic carbocycles. The Morgan fingerprint density at radius 2 is 1.65 bits per heavy atom. The summed E-state index contributed by atoms with van der Waals surface area (Å²) < 4.78 is 0. The van der Waals surface area contributed by atoms with Gasteiger partial charge in [0.05, 0.1) is 5.38 Å². The van der Waals surface area contributed by atoms with Crippen molar-refractivity contribution in [2.24, 2.45) is 5.92 Å². The molecular weight excluding hydrogens is 264 g/mol. The lowest BCUT2D eigenvalue weighted by atomic mass is 9.85. The van der Waals surface area contributed by atoms with Gasteiger partial charge in [0.25, 0.3) is 0 Å². The molecule has 20 heavy (non-hydrogen) atoms.